The lowest BCUT2D eigenvalue weighted by Crippen LogP contribution is -2.18. The third-order valence-electron chi connectivity index (χ3n) is 2.79. The van der Waals surface area contributed by atoms with E-state index >= 15 is 0 Å². The van der Waals surface area contributed by atoms with E-state index in [4.69, 9.17) is 4.42 Å². The van der Waals surface area contributed by atoms with E-state index in [1.54, 1.807) is 18.5 Å². The molecule has 0 spiro atoms. The molecule has 110 valence electrons. The Bertz CT molecular complexity index is 619. The first-order valence-electron chi connectivity index (χ1n) is 6.33. The lowest BCUT2D eigenvalue weighted by atomic mass is 10.3. The van der Waals surface area contributed by atoms with Crippen LogP contribution in [0, 0.1) is 0 Å². The van der Waals surface area contributed by atoms with Crippen LogP contribution in [0.5, 0.6) is 0 Å². The van der Waals surface area contributed by atoms with Crippen molar-refractivity contribution in [2.24, 2.45) is 0 Å². The molecule has 8 heteroatoms. The number of aromatic amines is 1. The maximum atomic E-state index is 11.5. The van der Waals surface area contributed by atoms with Crippen LogP contribution < -0.4 is 10.0 Å². The Balaban J connectivity index is 1.72. The molecule has 0 aliphatic carbocycles. The Morgan fingerprint density at radius 2 is 2.25 bits per heavy atom. The molecule has 0 atom stereocenters. The Labute approximate surface area is 117 Å². The number of aromatic nitrogens is 2. The van der Waals surface area contributed by atoms with Gasteiger partial charge >= 0.3 is 0 Å². The minimum absolute atomic E-state index is 0.0626. The molecule has 0 bridgehead atoms. The molecule has 0 amide bonds. The molecule has 0 aliphatic rings. The molecular formula is C12H18N4O3S. The lowest BCUT2D eigenvalue weighted by molar-refractivity contribution is 0.400. The Hall–Kier alpha value is -1.64. The van der Waals surface area contributed by atoms with E-state index < -0.39 is 10.0 Å². The molecule has 20 heavy (non-hydrogen) atoms. The van der Waals surface area contributed by atoms with E-state index in [1.807, 2.05) is 0 Å². The average molecular weight is 298 g/mol. The van der Waals surface area contributed by atoms with E-state index in [1.165, 1.54) is 13.1 Å². The summed E-state index contributed by atoms with van der Waals surface area (Å²) in [6, 6.07) is 3.11. The summed E-state index contributed by atoms with van der Waals surface area (Å²) in [5.41, 5.74) is 0. The third-order valence-corrected chi connectivity index (χ3v) is 4.08. The van der Waals surface area contributed by atoms with E-state index in [9.17, 15) is 8.42 Å². The number of furan rings is 1. The Morgan fingerprint density at radius 1 is 1.40 bits per heavy atom. The van der Waals surface area contributed by atoms with Gasteiger partial charge in [0.1, 0.15) is 11.6 Å². The molecule has 2 aromatic heterocycles. The van der Waals surface area contributed by atoms with Crippen molar-refractivity contribution in [3.05, 3.63) is 36.1 Å². The van der Waals surface area contributed by atoms with Crippen LogP contribution in [0.25, 0.3) is 0 Å². The predicted molar refractivity (Wildman–Crippen MR) is 73.6 cm³/mol. The number of nitrogens with zero attached hydrogens (tertiary/aromatic N) is 1. The first-order valence-corrected chi connectivity index (χ1v) is 7.81. The SMILES string of the molecule is CNS(=O)(=O)c1ccc(CNCCCc2ncc[nH]2)o1. The van der Waals surface area contributed by atoms with Crippen LogP contribution in [-0.4, -0.2) is 32.0 Å². The first kappa shape index (κ1) is 14.8. The van der Waals surface area contributed by atoms with Gasteiger partial charge in [-0.2, -0.15) is 0 Å². The summed E-state index contributed by atoms with van der Waals surface area (Å²) in [4.78, 5) is 7.18. The molecule has 2 heterocycles. The van der Waals surface area contributed by atoms with Gasteiger partial charge in [0.15, 0.2) is 0 Å². The normalized spacial score (nSPS) is 11.8. The van der Waals surface area contributed by atoms with Crippen LogP contribution in [0.4, 0.5) is 0 Å². The molecule has 0 radical (unpaired) electrons. The molecule has 7 nitrogen and oxygen atoms in total. The third kappa shape index (κ3) is 3.92. The highest BCUT2D eigenvalue weighted by molar-refractivity contribution is 7.89. The number of hydrogen-bond acceptors (Lipinski definition) is 5. The fraction of sp³-hybridized carbons (Fsp3) is 0.417. The van der Waals surface area contributed by atoms with Crippen molar-refractivity contribution < 1.29 is 12.8 Å². The number of rotatable bonds is 8. The van der Waals surface area contributed by atoms with Crippen molar-refractivity contribution >= 4 is 10.0 Å². The van der Waals surface area contributed by atoms with Gasteiger partial charge in [-0.15, -0.1) is 0 Å². The van der Waals surface area contributed by atoms with Gasteiger partial charge in [-0.25, -0.2) is 18.1 Å². The minimum Gasteiger partial charge on any atom is -0.447 e. The quantitative estimate of drug-likeness (QED) is 0.621. The highest BCUT2D eigenvalue weighted by atomic mass is 32.2. The van der Waals surface area contributed by atoms with Crippen molar-refractivity contribution in [1.82, 2.24) is 20.0 Å². The smallest absolute Gasteiger partial charge is 0.273 e. The Morgan fingerprint density at radius 3 is 2.95 bits per heavy atom. The average Bonchev–Trinajstić information content (AvgIpc) is 3.09. The van der Waals surface area contributed by atoms with Crippen LogP contribution in [0.15, 0.2) is 34.0 Å². The minimum atomic E-state index is -3.50. The molecular weight excluding hydrogens is 280 g/mol. The standard InChI is InChI=1S/C12H18N4O3S/c1-13-20(17,18)12-5-4-10(19-12)9-14-6-2-3-11-15-7-8-16-11/h4-5,7-8,13-14H,2-3,6,9H2,1H3,(H,15,16). The zero-order valence-corrected chi connectivity index (χ0v) is 12.0. The summed E-state index contributed by atoms with van der Waals surface area (Å²) in [6.45, 7) is 1.30. The van der Waals surface area contributed by atoms with Crippen molar-refractivity contribution in [2.75, 3.05) is 13.6 Å². The van der Waals surface area contributed by atoms with Gasteiger partial charge in [0.2, 0.25) is 5.09 Å². The van der Waals surface area contributed by atoms with E-state index in [-0.39, 0.29) is 5.09 Å². The second kappa shape index (κ2) is 6.69. The molecule has 0 saturated carbocycles. The predicted octanol–water partition coefficient (Wildman–Crippen LogP) is 0.633. The molecule has 2 aromatic rings. The van der Waals surface area contributed by atoms with E-state index in [0.29, 0.717) is 12.3 Å². The van der Waals surface area contributed by atoms with Crippen molar-refractivity contribution in [3.63, 3.8) is 0 Å². The molecule has 3 N–H and O–H groups in total. The summed E-state index contributed by atoms with van der Waals surface area (Å²) < 4.78 is 30.4. The van der Waals surface area contributed by atoms with Crippen LogP contribution in [0.1, 0.15) is 18.0 Å². The van der Waals surface area contributed by atoms with E-state index in [2.05, 4.69) is 20.0 Å². The van der Waals surface area contributed by atoms with Crippen LogP contribution in [0.3, 0.4) is 0 Å². The second-order valence-corrected chi connectivity index (χ2v) is 6.06. The number of imidazole rings is 1. The van der Waals surface area contributed by atoms with Gasteiger partial charge in [0, 0.05) is 18.8 Å². The maximum Gasteiger partial charge on any atom is 0.273 e. The monoisotopic (exact) mass is 298 g/mol. The highest BCUT2D eigenvalue weighted by Gasteiger charge is 2.15. The van der Waals surface area contributed by atoms with Gasteiger partial charge < -0.3 is 14.7 Å². The molecule has 0 fully saturated rings. The number of nitrogens with one attached hydrogen (secondary N) is 3. The number of hydrogen-bond donors (Lipinski definition) is 3. The Kier molecular flexibility index (Phi) is 4.94. The van der Waals surface area contributed by atoms with Gasteiger partial charge in [0.25, 0.3) is 10.0 Å². The zero-order chi connectivity index (χ0) is 14.4. The summed E-state index contributed by atoms with van der Waals surface area (Å²) in [7, 11) is -2.15. The molecule has 0 aromatic carbocycles. The highest BCUT2D eigenvalue weighted by Crippen LogP contribution is 2.13. The topological polar surface area (TPSA) is 100 Å². The maximum absolute atomic E-state index is 11.5. The van der Waals surface area contributed by atoms with Crippen LogP contribution >= 0.6 is 0 Å². The largest absolute Gasteiger partial charge is 0.447 e. The fourth-order valence-electron chi connectivity index (χ4n) is 1.73. The van der Waals surface area contributed by atoms with Gasteiger partial charge in [-0.1, -0.05) is 0 Å². The summed E-state index contributed by atoms with van der Waals surface area (Å²) >= 11 is 0. The summed E-state index contributed by atoms with van der Waals surface area (Å²) in [6.07, 6.45) is 5.35. The number of sulfonamides is 1. The van der Waals surface area contributed by atoms with Crippen LogP contribution in [-0.2, 0) is 23.0 Å². The van der Waals surface area contributed by atoms with Crippen molar-refractivity contribution in [1.29, 1.82) is 0 Å². The number of aryl methyl sites for hydroxylation is 1. The lowest BCUT2D eigenvalue weighted by Gasteiger charge is -2.02. The van der Waals surface area contributed by atoms with Crippen molar-refractivity contribution in [2.45, 2.75) is 24.5 Å². The second-order valence-electron chi connectivity index (χ2n) is 4.24. The van der Waals surface area contributed by atoms with Gasteiger partial charge in [-0.3, -0.25) is 0 Å². The fourth-order valence-corrected chi connectivity index (χ4v) is 2.39. The van der Waals surface area contributed by atoms with E-state index in [0.717, 1.165) is 25.2 Å². The van der Waals surface area contributed by atoms with Crippen molar-refractivity contribution in [3.8, 4) is 0 Å². The summed E-state index contributed by atoms with van der Waals surface area (Å²) in [5.74, 6) is 1.56. The van der Waals surface area contributed by atoms with Gasteiger partial charge in [-0.05, 0) is 32.1 Å². The molecule has 0 aliphatic heterocycles. The zero-order valence-electron chi connectivity index (χ0n) is 11.2. The van der Waals surface area contributed by atoms with Gasteiger partial charge in [0.05, 0.1) is 6.54 Å². The van der Waals surface area contributed by atoms with Crippen LogP contribution in [0.2, 0.25) is 0 Å². The molecule has 0 unspecified atom stereocenters. The number of H-pyrrole nitrogens is 1. The summed E-state index contributed by atoms with van der Waals surface area (Å²) in [5, 5.41) is 3.13. The molecule has 0 saturated heterocycles. The first-order chi connectivity index (χ1) is 9.62. The molecule has 2 rings (SSSR count).